The van der Waals surface area contributed by atoms with Crippen molar-refractivity contribution in [3.63, 3.8) is 0 Å². The average Bonchev–Trinajstić information content (AvgIpc) is 2.83. The van der Waals surface area contributed by atoms with Crippen LogP contribution in [-0.2, 0) is 60.0 Å². The summed E-state index contributed by atoms with van der Waals surface area (Å²) in [6.45, 7) is 14.4. The Labute approximate surface area is 262 Å². The number of ether oxygens (including phenoxy) is 3. The molecule has 0 aliphatic rings. The van der Waals surface area contributed by atoms with E-state index in [1.807, 2.05) is 0 Å². The van der Waals surface area contributed by atoms with Gasteiger partial charge in [0, 0.05) is 35.3 Å². The van der Waals surface area contributed by atoms with Crippen molar-refractivity contribution in [1.82, 2.24) is 16.0 Å². The number of nitrogens with one attached hydrogen (secondary N) is 3. The zero-order valence-corrected chi connectivity index (χ0v) is 27.1. The van der Waals surface area contributed by atoms with Crippen molar-refractivity contribution in [3.05, 3.63) is 35.9 Å². The Morgan fingerprint density at radius 2 is 0.721 bits per heavy atom. The molecule has 43 heavy (non-hydrogen) atoms. The number of allylic oxidation sites excluding steroid dienone is 3. The van der Waals surface area contributed by atoms with Crippen LogP contribution in [-0.4, -0.2) is 88.5 Å². The van der Waals surface area contributed by atoms with Crippen molar-refractivity contribution < 1.29 is 75.4 Å². The van der Waals surface area contributed by atoms with Crippen molar-refractivity contribution >= 4 is 35.3 Å². The van der Waals surface area contributed by atoms with Gasteiger partial charge in [0.2, 0.25) is 0 Å². The molecule has 0 bridgehead atoms. The first-order valence-electron chi connectivity index (χ1n) is 12.9. The molecular weight excluding hydrogens is 614 g/mol. The van der Waals surface area contributed by atoms with Crippen LogP contribution in [0.5, 0.6) is 0 Å². The SMILES string of the molecule is CCOC(=O)[C@H](C)NC(O)=CC(C)=O.CCOC(=O)[C@H](C)NC(O)=CC(C)=O.CCOC(=O)[C@H](C)NC(O)=CC(C)=O.[Fe]. The summed E-state index contributed by atoms with van der Waals surface area (Å²) < 4.78 is 14.1. The first kappa shape index (κ1) is 45.9. The first-order chi connectivity index (χ1) is 19.4. The molecule has 0 aromatic carbocycles. The number of ketones is 3. The van der Waals surface area contributed by atoms with E-state index in [0.717, 1.165) is 18.2 Å². The topological polar surface area (TPSA) is 227 Å². The molecule has 0 radical (unpaired) electrons. The van der Waals surface area contributed by atoms with Crippen LogP contribution in [0.1, 0.15) is 62.3 Å². The van der Waals surface area contributed by atoms with Gasteiger partial charge >= 0.3 is 17.9 Å². The second-order valence-corrected chi connectivity index (χ2v) is 8.27. The van der Waals surface area contributed by atoms with Crippen LogP contribution in [0.4, 0.5) is 0 Å². The van der Waals surface area contributed by atoms with Crippen LogP contribution in [0, 0.1) is 0 Å². The third kappa shape index (κ3) is 29.3. The summed E-state index contributed by atoms with van der Waals surface area (Å²) in [6.07, 6.45) is 2.99. The second kappa shape index (κ2) is 26.8. The number of rotatable bonds is 15. The van der Waals surface area contributed by atoms with E-state index in [1.165, 1.54) is 41.5 Å². The molecule has 248 valence electrons. The summed E-state index contributed by atoms with van der Waals surface area (Å²) in [5.41, 5.74) is 0. The number of hydrogen-bond donors (Lipinski definition) is 6. The molecule has 0 aromatic rings. The quantitative estimate of drug-likeness (QED) is 0.0482. The molecule has 3 atom stereocenters. The maximum Gasteiger partial charge on any atom is 0.328 e. The predicted molar refractivity (Wildman–Crippen MR) is 152 cm³/mol. The van der Waals surface area contributed by atoms with Gasteiger partial charge < -0.3 is 45.5 Å². The molecule has 0 fully saturated rings. The van der Waals surface area contributed by atoms with Gasteiger partial charge in [-0.05, 0) is 62.3 Å². The van der Waals surface area contributed by atoms with Crippen molar-refractivity contribution in [2.24, 2.45) is 0 Å². The Bertz CT molecular complexity index is 872. The number of esters is 3. The molecule has 6 N–H and O–H groups in total. The number of aliphatic hydroxyl groups is 3. The second-order valence-electron chi connectivity index (χ2n) is 8.27. The van der Waals surface area contributed by atoms with Crippen LogP contribution in [0.3, 0.4) is 0 Å². The summed E-state index contributed by atoms with van der Waals surface area (Å²) in [5, 5.41) is 34.6. The van der Waals surface area contributed by atoms with Crippen LogP contribution in [0.2, 0.25) is 0 Å². The Kier molecular flexibility index (Phi) is 28.7. The van der Waals surface area contributed by atoms with E-state index in [1.54, 1.807) is 20.8 Å². The molecule has 0 rings (SSSR count). The smallest absolute Gasteiger partial charge is 0.328 e. The van der Waals surface area contributed by atoms with Gasteiger partial charge in [0.25, 0.3) is 0 Å². The maximum atomic E-state index is 11.1. The van der Waals surface area contributed by atoms with Gasteiger partial charge in [0.1, 0.15) is 18.1 Å². The molecule has 0 amide bonds. The Morgan fingerprint density at radius 3 is 0.860 bits per heavy atom. The number of carbonyl (C=O) groups excluding carboxylic acids is 6. The van der Waals surface area contributed by atoms with E-state index in [-0.39, 0.29) is 71.9 Å². The summed E-state index contributed by atoms with van der Waals surface area (Å²) >= 11 is 0. The molecule has 0 aliphatic heterocycles. The van der Waals surface area contributed by atoms with Crippen molar-refractivity contribution in [3.8, 4) is 0 Å². The maximum absolute atomic E-state index is 11.1. The third-order valence-electron chi connectivity index (χ3n) is 4.03. The fourth-order valence-electron chi connectivity index (χ4n) is 2.35. The van der Waals surface area contributed by atoms with Gasteiger partial charge in [-0.2, -0.15) is 0 Å². The standard InChI is InChI=1S/3C9H15NO4.Fe/c3*1-4-14-9(13)7(3)10-8(12)5-6(2)11;/h3*5,7,10,12H,4H2,1-3H3;/t3*7-;/m000./s1. The van der Waals surface area contributed by atoms with Gasteiger partial charge in [-0.1, -0.05) is 0 Å². The zero-order valence-electron chi connectivity index (χ0n) is 26.0. The molecule has 16 heteroatoms. The third-order valence-corrected chi connectivity index (χ3v) is 4.03. The van der Waals surface area contributed by atoms with E-state index in [4.69, 9.17) is 15.3 Å². The summed E-state index contributed by atoms with van der Waals surface area (Å²) in [6, 6.07) is -2.03. The van der Waals surface area contributed by atoms with Crippen LogP contribution in [0.15, 0.2) is 35.9 Å². The molecule has 0 unspecified atom stereocenters. The minimum Gasteiger partial charge on any atom is -0.495 e. The number of aliphatic hydroxyl groups excluding tert-OH is 3. The Morgan fingerprint density at radius 1 is 0.535 bits per heavy atom. The van der Waals surface area contributed by atoms with E-state index >= 15 is 0 Å². The fourth-order valence-corrected chi connectivity index (χ4v) is 2.35. The van der Waals surface area contributed by atoms with Crippen molar-refractivity contribution in [1.29, 1.82) is 0 Å². The van der Waals surface area contributed by atoms with Gasteiger partial charge in [0.15, 0.2) is 35.0 Å². The Hall–Kier alpha value is -4.04. The number of hydrogen-bond acceptors (Lipinski definition) is 15. The fraction of sp³-hybridized carbons (Fsp3) is 0.556. The predicted octanol–water partition coefficient (Wildman–Crippen LogP) is 1.55. The van der Waals surface area contributed by atoms with Gasteiger partial charge in [-0.25, -0.2) is 14.4 Å². The molecule has 0 saturated heterocycles. The minimum absolute atomic E-state index is 0. The summed E-state index contributed by atoms with van der Waals surface area (Å²) in [5.74, 6) is -3.33. The monoisotopic (exact) mass is 659 g/mol. The molecular formula is C27H45FeN3O12. The van der Waals surface area contributed by atoms with Gasteiger partial charge in [-0.15, -0.1) is 0 Å². The molecule has 0 heterocycles. The summed E-state index contributed by atoms with van der Waals surface area (Å²) in [7, 11) is 0. The largest absolute Gasteiger partial charge is 0.495 e. The van der Waals surface area contributed by atoms with Crippen LogP contribution in [0.25, 0.3) is 0 Å². The van der Waals surface area contributed by atoms with E-state index < -0.39 is 36.0 Å². The summed E-state index contributed by atoms with van der Waals surface area (Å²) in [4.78, 5) is 64.8. The molecule has 0 saturated carbocycles. The zero-order chi connectivity index (χ0) is 33.4. The van der Waals surface area contributed by atoms with E-state index in [0.29, 0.717) is 0 Å². The first-order valence-corrected chi connectivity index (χ1v) is 12.9. The van der Waals surface area contributed by atoms with Gasteiger partial charge in [-0.3, -0.25) is 14.4 Å². The minimum atomic E-state index is -0.675. The molecule has 0 spiro atoms. The molecule has 15 nitrogen and oxygen atoms in total. The van der Waals surface area contributed by atoms with Crippen molar-refractivity contribution in [2.75, 3.05) is 19.8 Å². The van der Waals surface area contributed by atoms with E-state index in [2.05, 4.69) is 30.2 Å². The van der Waals surface area contributed by atoms with Crippen molar-refractivity contribution in [2.45, 2.75) is 80.4 Å². The number of carbonyl (C=O) groups is 6. The Balaban J connectivity index is -0.000000262. The van der Waals surface area contributed by atoms with Gasteiger partial charge in [0.05, 0.1) is 19.8 Å². The normalized spacial score (nSPS) is 12.9. The molecule has 0 aromatic heterocycles. The average molecular weight is 660 g/mol. The van der Waals surface area contributed by atoms with E-state index in [9.17, 15) is 28.8 Å². The van der Waals surface area contributed by atoms with Crippen LogP contribution >= 0.6 is 0 Å². The molecule has 0 aliphatic carbocycles. The van der Waals surface area contributed by atoms with Crippen LogP contribution < -0.4 is 16.0 Å².